The number of nitrogens with two attached hydrogens (primary N) is 1. The average Bonchev–Trinajstić information content (AvgIpc) is 2.54. The van der Waals surface area contributed by atoms with E-state index in [1.807, 2.05) is 0 Å². The molecule has 0 aromatic heterocycles. The Labute approximate surface area is 87.9 Å². The monoisotopic (exact) mass is 199 g/mol. The lowest BCUT2D eigenvalue weighted by molar-refractivity contribution is -0.0181. The lowest BCUT2D eigenvalue weighted by Crippen LogP contribution is -2.42. The molecule has 1 aliphatic carbocycles. The van der Waals surface area contributed by atoms with Crippen LogP contribution in [0, 0.1) is 17.3 Å². The first-order valence-electron chi connectivity index (χ1n) is 5.89. The van der Waals surface area contributed by atoms with Crippen LogP contribution in [-0.4, -0.2) is 17.8 Å². The van der Waals surface area contributed by atoms with Crippen molar-refractivity contribution in [3.8, 4) is 0 Å². The second-order valence-corrected chi connectivity index (χ2v) is 5.45. The smallest absolute Gasteiger partial charge is 0.0636 e. The second kappa shape index (κ2) is 4.63. The van der Waals surface area contributed by atoms with Crippen molar-refractivity contribution in [2.45, 2.75) is 52.6 Å². The maximum atomic E-state index is 10.4. The molecule has 14 heavy (non-hydrogen) atoms. The standard InChI is InChI=1S/C12H25NO/c1-9(2)10(8-13)11(14)12(3)6-4-5-7-12/h9-11,14H,4-8,13H2,1-3H3. The number of hydrogen-bond acceptors (Lipinski definition) is 2. The molecule has 0 aliphatic heterocycles. The van der Waals surface area contributed by atoms with Gasteiger partial charge in [0.2, 0.25) is 0 Å². The van der Waals surface area contributed by atoms with Crippen LogP contribution in [0.2, 0.25) is 0 Å². The highest BCUT2D eigenvalue weighted by atomic mass is 16.3. The number of rotatable bonds is 4. The van der Waals surface area contributed by atoms with Crippen LogP contribution in [0.5, 0.6) is 0 Å². The van der Waals surface area contributed by atoms with E-state index in [2.05, 4.69) is 20.8 Å². The van der Waals surface area contributed by atoms with E-state index in [9.17, 15) is 5.11 Å². The normalized spacial score (nSPS) is 25.3. The first-order chi connectivity index (χ1) is 6.51. The molecule has 1 aliphatic rings. The highest BCUT2D eigenvalue weighted by Gasteiger charge is 2.40. The molecule has 2 unspecified atom stereocenters. The summed E-state index contributed by atoms with van der Waals surface area (Å²) in [6, 6.07) is 0. The van der Waals surface area contributed by atoms with Gasteiger partial charge in [0, 0.05) is 0 Å². The molecule has 0 aromatic carbocycles. The van der Waals surface area contributed by atoms with Crippen LogP contribution in [0.4, 0.5) is 0 Å². The number of aliphatic hydroxyl groups excluding tert-OH is 1. The molecule has 0 spiro atoms. The van der Waals surface area contributed by atoms with Gasteiger partial charge in [-0.15, -0.1) is 0 Å². The van der Waals surface area contributed by atoms with Crippen LogP contribution in [0.15, 0.2) is 0 Å². The molecule has 1 rings (SSSR count). The zero-order valence-electron chi connectivity index (χ0n) is 9.79. The van der Waals surface area contributed by atoms with E-state index in [1.165, 1.54) is 12.8 Å². The van der Waals surface area contributed by atoms with Crippen molar-refractivity contribution in [1.29, 1.82) is 0 Å². The molecule has 0 bridgehead atoms. The molecule has 3 N–H and O–H groups in total. The molecule has 0 radical (unpaired) electrons. The minimum Gasteiger partial charge on any atom is -0.392 e. The Bertz CT molecular complexity index is 173. The fourth-order valence-corrected chi connectivity index (χ4v) is 2.76. The predicted octanol–water partition coefficient (Wildman–Crippen LogP) is 2.16. The lowest BCUT2D eigenvalue weighted by Gasteiger charge is -2.37. The number of aliphatic hydroxyl groups is 1. The Hall–Kier alpha value is -0.0800. The summed E-state index contributed by atoms with van der Waals surface area (Å²) in [6.45, 7) is 7.13. The van der Waals surface area contributed by atoms with Gasteiger partial charge in [0.15, 0.2) is 0 Å². The molecule has 1 saturated carbocycles. The van der Waals surface area contributed by atoms with E-state index >= 15 is 0 Å². The summed E-state index contributed by atoms with van der Waals surface area (Å²) in [5.41, 5.74) is 5.87. The lowest BCUT2D eigenvalue weighted by atomic mass is 9.73. The molecule has 0 heterocycles. The zero-order valence-corrected chi connectivity index (χ0v) is 9.79. The maximum absolute atomic E-state index is 10.4. The van der Waals surface area contributed by atoms with Crippen molar-refractivity contribution in [2.75, 3.05) is 6.54 Å². The van der Waals surface area contributed by atoms with E-state index in [-0.39, 0.29) is 17.4 Å². The molecular formula is C12H25NO. The molecule has 1 fully saturated rings. The quantitative estimate of drug-likeness (QED) is 0.729. The van der Waals surface area contributed by atoms with Crippen LogP contribution in [0.25, 0.3) is 0 Å². The van der Waals surface area contributed by atoms with E-state index in [0.717, 1.165) is 12.8 Å². The van der Waals surface area contributed by atoms with Crippen molar-refractivity contribution in [3.63, 3.8) is 0 Å². The first-order valence-corrected chi connectivity index (χ1v) is 5.89. The molecule has 0 aromatic rings. The van der Waals surface area contributed by atoms with E-state index < -0.39 is 0 Å². The summed E-state index contributed by atoms with van der Waals surface area (Å²) < 4.78 is 0. The average molecular weight is 199 g/mol. The maximum Gasteiger partial charge on any atom is 0.0636 e. The van der Waals surface area contributed by atoms with Gasteiger partial charge in [-0.2, -0.15) is 0 Å². The van der Waals surface area contributed by atoms with Crippen LogP contribution in [0.3, 0.4) is 0 Å². The van der Waals surface area contributed by atoms with Gasteiger partial charge < -0.3 is 10.8 Å². The van der Waals surface area contributed by atoms with Crippen LogP contribution >= 0.6 is 0 Å². The third-order valence-electron chi connectivity index (χ3n) is 3.99. The SMILES string of the molecule is CC(C)C(CN)C(O)C1(C)CCCC1. The third-order valence-corrected chi connectivity index (χ3v) is 3.99. The number of hydrogen-bond donors (Lipinski definition) is 2. The van der Waals surface area contributed by atoms with Gasteiger partial charge in [0.05, 0.1) is 6.10 Å². The summed E-state index contributed by atoms with van der Waals surface area (Å²) in [5, 5.41) is 10.4. The zero-order chi connectivity index (χ0) is 10.8. The van der Waals surface area contributed by atoms with Gasteiger partial charge in [-0.25, -0.2) is 0 Å². The summed E-state index contributed by atoms with van der Waals surface area (Å²) >= 11 is 0. The second-order valence-electron chi connectivity index (χ2n) is 5.45. The molecule has 0 saturated heterocycles. The Morgan fingerprint density at radius 2 is 1.79 bits per heavy atom. The highest BCUT2D eigenvalue weighted by molar-refractivity contribution is 4.91. The molecule has 2 heteroatoms. The Kier molecular flexibility index (Phi) is 3.96. The van der Waals surface area contributed by atoms with Gasteiger partial charge in [0.25, 0.3) is 0 Å². The van der Waals surface area contributed by atoms with Crippen LogP contribution < -0.4 is 5.73 Å². The van der Waals surface area contributed by atoms with Crippen molar-refractivity contribution < 1.29 is 5.11 Å². The van der Waals surface area contributed by atoms with Crippen molar-refractivity contribution in [1.82, 2.24) is 0 Å². The van der Waals surface area contributed by atoms with E-state index in [4.69, 9.17) is 5.73 Å². The van der Waals surface area contributed by atoms with Gasteiger partial charge in [-0.1, -0.05) is 33.6 Å². The Morgan fingerprint density at radius 3 is 2.14 bits per heavy atom. The summed E-state index contributed by atoms with van der Waals surface area (Å²) in [6.07, 6.45) is 4.65. The van der Waals surface area contributed by atoms with E-state index in [0.29, 0.717) is 12.5 Å². The summed E-state index contributed by atoms with van der Waals surface area (Å²) in [5.74, 6) is 0.741. The van der Waals surface area contributed by atoms with Crippen molar-refractivity contribution >= 4 is 0 Å². The minimum atomic E-state index is -0.213. The van der Waals surface area contributed by atoms with Gasteiger partial charge in [0.1, 0.15) is 0 Å². The van der Waals surface area contributed by atoms with Gasteiger partial charge in [-0.3, -0.25) is 0 Å². The highest BCUT2D eigenvalue weighted by Crippen LogP contribution is 2.43. The van der Waals surface area contributed by atoms with E-state index in [1.54, 1.807) is 0 Å². The molecule has 2 atom stereocenters. The van der Waals surface area contributed by atoms with Gasteiger partial charge in [-0.05, 0) is 36.6 Å². The fourth-order valence-electron chi connectivity index (χ4n) is 2.76. The summed E-state index contributed by atoms with van der Waals surface area (Å²) in [4.78, 5) is 0. The summed E-state index contributed by atoms with van der Waals surface area (Å²) in [7, 11) is 0. The topological polar surface area (TPSA) is 46.2 Å². The van der Waals surface area contributed by atoms with Crippen LogP contribution in [-0.2, 0) is 0 Å². The van der Waals surface area contributed by atoms with Crippen LogP contribution in [0.1, 0.15) is 46.5 Å². The Morgan fingerprint density at radius 1 is 1.29 bits per heavy atom. The largest absolute Gasteiger partial charge is 0.392 e. The first kappa shape index (κ1) is 12.0. The van der Waals surface area contributed by atoms with Gasteiger partial charge >= 0.3 is 0 Å². The fraction of sp³-hybridized carbons (Fsp3) is 1.00. The minimum absolute atomic E-state index is 0.133. The molecule has 84 valence electrons. The van der Waals surface area contributed by atoms with Crippen molar-refractivity contribution in [3.05, 3.63) is 0 Å². The molecule has 0 amide bonds. The predicted molar refractivity (Wildman–Crippen MR) is 60.0 cm³/mol. The third kappa shape index (κ3) is 2.29. The van der Waals surface area contributed by atoms with Crippen molar-refractivity contribution in [2.24, 2.45) is 23.0 Å². The molecule has 2 nitrogen and oxygen atoms in total. The Balaban J connectivity index is 2.65. The molecular weight excluding hydrogens is 174 g/mol.